The van der Waals surface area contributed by atoms with E-state index in [1.807, 2.05) is 13.8 Å². The molecular formula is C20H26N4O6. The number of carbonyl (C=O) groups excluding carboxylic acids is 2. The second-order valence-corrected chi connectivity index (χ2v) is 6.98. The van der Waals surface area contributed by atoms with Crippen molar-refractivity contribution in [3.8, 4) is 0 Å². The number of ether oxygens (including phenoxy) is 2. The normalized spacial score (nSPS) is 10.8. The molecule has 0 aliphatic carbocycles. The number of methoxy groups -OCH3 is 1. The van der Waals surface area contributed by atoms with Gasteiger partial charge in [0.1, 0.15) is 5.82 Å². The minimum absolute atomic E-state index is 0.0224. The Kier molecular flexibility index (Phi) is 7.93. The molecule has 1 amide bonds. The molecule has 0 aliphatic heterocycles. The minimum atomic E-state index is -0.809. The van der Waals surface area contributed by atoms with Crippen molar-refractivity contribution in [2.24, 2.45) is 5.92 Å². The Labute approximate surface area is 173 Å². The maximum Gasteiger partial charge on any atom is 0.338 e. The summed E-state index contributed by atoms with van der Waals surface area (Å²) < 4.78 is 11.3. The third-order valence-corrected chi connectivity index (χ3v) is 4.19. The van der Waals surface area contributed by atoms with Gasteiger partial charge in [-0.15, -0.1) is 0 Å². The lowest BCUT2D eigenvalue weighted by Crippen LogP contribution is -2.44. The van der Waals surface area contributed by atoms with Crippen molar-refractivity contribution in [3.63, 3.8) is 0 Å². The summed E-state index contributed by atoms with van der Waals surface area (Å²) in [6, 6.07) is 8.19. The number of nitrogens with zero attached hydrogens (tertiary/aromatic N) is 2. The van der Waals surface area contributed by atoms with Gasteiger partial charge in [0, 0.05) is 20.2 Å². The molecule has 0 fully saturated rings. The summed E-state index contributed by atoms with van der Waals surface area (Å²) in [5, 5.41) is 0. The van der Waals surface area contributed by atoms with Crippen molar-refractivity contribution in [1.82, 2.24) is 9.55 Å². The molecule has 0 spiro atoms. The van der Waals surface area contributed by atoms with Gasteiger partial charge in [0.05, 0.1) is 12.2 Å². The third kappa shape index (κ3) is 5.57. The highest BCUT2D eigenvalue weighted by atomic mass is 16.5. The number of esters is 1. The standard InChI is InChI=1S/C20H26N4O6/c1-13(2)11-24-17(21)16(18(26)22-20(24)28)23(9-10-29-3)15(25)12-30-19(27)14-7-5-4-6-8-14/h4-8,13H,9-12,21H2,1-3H3,(H,22,26,28). The van der Waals surface area contributed by atoms with Gasteiger partial charge in [0.2, 0.25) is 0 Å². The van der Waals surface area contributed by atoms with Gasteiger partial charge in [0.25, 0.3) is 11.5 Å². The maximum absolute atomic E-state index is 12.8. The van der Waals surface area contributed by atoms with Crippen LogP contribution in [0.1, 0.15) is 24.2 Å². The van der Waals surface area contributed by atoms with E-state index in [-0.39, 0.29) is 42.7 Å². The average molecular weight is 418 g/mol. The number of aromatic amines is 1. The molecule has 0 atom stereocenters. The van der Waals surface area contributed by atoms with Crippen LogP contribution in [0.2, 0.25) is 0 Å². The number of nitrogens with one attached hydrogen (secondary N) is 1. The first-order chi connectivity index (χ1) is 14.3. The van der Waals surface area contributed by atoms with Crippen LogP contribution in [-0.4, -0.2) is 48.3 Å². The highest BCUT2D eigenvalue weighted by Gasteiger charge is 2.25. The van der Waals surface area contributed by atoms with Crippen LogP contribution in [-0.2, 0) is 20.8 Å². The van der Waals surface area contributed by atoms with E-state index in [0.29, 0.717) is 0 Å². The Morgan fingerprint density at radius 2 is 1.87 bits per heavy atom. The molecule has 10 nitrogen and oxygen atoms in total. The summed E-state index contributed by atoms with van der Waals surface area (Å²) in [4.78, 5) is 52.8. The number of nitrogen functional groups attached to an aromatic ring is 1. The summed E-state index contributed by atoms with van der Waals surface area (Å²) in [6.45, 7) is 3.48. The fraction of sp³-hybridized carbons (Fsp3) is 0.400. The van der Waals surface area contributed by atoms with E-state index >= 15 is 0 Å². The quantitative estimate of drug-likeness (QED) is 0.569. The number of rotatable bonds is 9. The molecule has 2 aromatic rings. The first-order valence-electron chi connectivity index (χ1n) is 9.40. The molecule has 1 heterocycles. The molecule has 162 valence electrons. The highest BCUT2D eigenvalue weighted by molar-refractivity contribution is 5.98. The average Bonchev–Trinajstić information content (AvgIpc) is 2.71. The zero-order chi connectivity index (χ0) is 22.3. The third-order valence-electron chi connectivity index (χ3n) is 4.19. The predicted octanol–water partition coefficient (Wildman–Crippen LogP) is 0.611. The fourth-order valence-corrected chi connectivity index (χ4v) is 2.79. The lowest BCUT2D eigenvalue weighted by Gasteiger charge is -2.24. The number of aromatic nitrogens is 2. The number of benzene rings is 1. The summed E-state index contributed by atoms with van der Waals surface area (Å²) in [5.74, 6) is -1.43. The predicted molar refractivity (Wildman–Crippen MR) is 112 cm³/mol. The molecule has 3 N–H and O–H groups in total. The molecule has 0 radical (unpaired) electrons. The zero-order valence-corrected chi connectivity index (χ0v) is 17.2. The smallest absolute Gasteiger partial charge is 0.338 e. The lowest BCUT2D eigenvalue weighted by molar-refractivity contribution is -0.121. The molecule has 1 aromatic carbocycles. The van der Waals surface area contributed by atoms with Gasteiger partial charge in [-0.05, 0) is 18.1 Å². The van der Waals surface area contributed by atoms with Gasteiger partial charge in [-0.2, -0.15) is 0 Å². The van der Waals surface area contributed by atoms with E-state index in [4.69, 9.17) is 15.2 Å². The van der Waals surface area contributed by atoms with E-state index in [2.05, 4.69) is 4.98 Å². The van der Waals surface area contributed by atoms with Gasteiger partial charge in [-0.3, -0.25) is 24.0 Å². The molecule has 0 saturated carbocycles. The number of anilines is 2. The summed E-state index contributed by atoms with van der Waals surface area (Å²) in [6.07, 6.45) is 0. The number of carbonyl (C=O) groups is 2. The number of nitrogens with two attached hydrogens (primary N) is 1. The van der Waals surface area contributed by atoms with Crippen molar-refractivity contribution < 1.29 is 19.1 Å². The monoisotopic (exact) mass is 418 g/mol. The fourth-order valence-electron chi connectivity index (χ4n) is 2.79. The zero-order valence-electron chi connectivity index (χ0n) is 17.2. The number of amides is 1. The Morgan fingerprint density at radius 1 is 1.20 bits per heavy atom. The molecule has 0 saturated heterocycles. The molecule has 0 bridgehead atoms. The van der Waals surface area contributed by atoms with Crippen LogP contribution in [0.5, 0.6) is 0 Å². The summed E-state index contributed by atoms with van der Waals surface area (Å²) >= 11 is 0. The van der Waals surface area contributed by atoms with Crippen molar-refractivity contribution >= 4 is 23.4 Å². The number of hydrogen-bond donors (Lipinski definition) is 2. The molecule has 2 rings (SSSR count). The van der Waals surface area contributed by atoms with E-state index in [1.54, 1.807) is 30.3 Å². The molecule has 10 heteroatoms. The van der Waals surface area contributed by atoms with E-state index in [1.165, 1.54) is 11.7 Å². The van der Waals surface area contributed by atoms with Crippen LogP contribution in [0.25, 0.3) is 0 Å². The Hall–Kier alpha value is -3.40. The van der Waals surface area contributed by atoms with Gasteiger partial charge >= 0.3 is 11.7 Å². The van der Waals surface area contributed by atoms with Crippen LogP contribution in [0.4, 0.5) is 11.5 Å². The first kappa shape index (κ1) is 22.9. The second-order valence-electron chi connectivity index (χ2n) is 6.98. The Bertz CT molecular complexity index is 997. The van der Waals surface area contributed by atoms with Gasteiger partial charge < -0.3 is 15.2 Å². The van der Waals surface area contributed by atoms with Crippen LogP contribution in [0.15, 0.2) is 39.9 Å². The van der Waals surface area contributed by atoms with E-state index in [0.717, 1.165) is 4.90 Å². The van der Waals surface area contributed by atoms with Crippen LogP contribution < -0.4 is 21.9 Å². The van der Waals surface area contributed by atoms with Gasteiger partial charge in [0.15, 0.2) is 12.3 Å². The van der Waals surface area contributed by atoms with Crippen molar-refractivity contribution in [2.75, 3.05) is 37.5 Å². The lowest BCUT2D eigenvalue weighted by atomic mass is 10.2. The minimum Gasteiger partial charge on any atom is -0.452 e. The van der Waals surface area contributed by atoms with E-state index < -0.39 is 29.7 Å². The van der Waals surface area contributed by atoms with Crippen molar-refractivity contribution in [3.05, 3.63) is 56.7 Å². The van der Waals surface area contributed by atoms with Gasteiger partial charge in [-0.25, -0.2) is 9.59 Å². The highest BCUT2D eigenvalue weighted by Crippen LogP contribution is 2.18. The first-order valence-corrected chi connectivity index (χ1v) is 9.40. The van der Waals surface area contributed by atoms with Crippen LogP contribution >= 0.6 is 0 Å². The van der Waals surface area contributed by atoms with E-state index in [9.17, 15) is 19.2 Å². The molecule has 1 aromatic heterocycles. The molecule has 0 aliphatic rings. The summed E-state index contributed by atoms with van der Waals surface area (Å²) in [7, 11) is 1.44. The van der Waals surface area contributed by atoms with Crippen molar-refractivity contribution in [1.29, 1.82) is 0 Å². The molecule has 0 unspecified atom stereocenters. The largest absolute Gasteiger partial charge is 0.452 e. The summed E-state index contributed by atoms with van der Waals surface area (Å²) in [5.41, 5.74) is 4.72. The Balaban J connectivity index is 2.33. The topological polar surface area (TPSA) is 137 Å². The molecular weight excluding hydrogens is 392 g/mol. The number of hydrogen-bond acceptors (Lipinski definition) is 7. The Morgan fingerprint density at radius 3 is 2.47 bits per heavy atom. The van der Waals surface area contributed by atoms with Gasteiger partial charge in [-0.1, -0.05) is 32.0 Å². The SMILES string of the molecule is COCCN(C(=O)COC(=O)c1ccccc1)c1c(N)n(CC(C)C)c(=O)[nH]c1=O. The maximum atomic E-state index is 12.8. The van der Waals surface area contributed by atoms with Crippen LogP contribution in [0, 0.1) is 5.92 Å². The van der Waals surface area contributed by atoms with Crippen LogP contribution in [0.3, 0.4) is 0 Å². The van der Waals surface area contributed by atoms with Crippen molar-refractivity contribution in [2.45, 2.75) is 20.4 Å². The second kappa shape index (κ2) is 10.4. The molecule has 30 heavy (non-hydrogen) atoms. The number of H-pyrrole nitrogens is 1.